The van der Waals surface area contributed by atoms with Gasteiger partial charge in [-0.25, -0.2) is 0 Å². The molecule has 0 saturated heterocycles. The van der Waals surface area contributed by atoms with Gasteiger partial charge in [0, 0.05) is 16.8 Å². The second-order valence-corrected chi connectivity index (χ2v) is 0.894. The van der Waals surface area contributed by atoms with Gasteiger partial charge in [0.2, 0.25) is 0 Å². The Bertz CT molecular complexity index is 159. The van der Waals surface area contributed by atoms with Gasteiger partial charge in [-0.05, 0) is 0 Å². The SMILES string of the molecule is O=[N+]([O-])[O-].O=[N+]([O-])[O-].O=[N+]([O-])[O-].O=[N+]([O-])[O-].[Co]. The molecule has 0 aliphatic rings. The van der Waals surface area contributed by atoms with Gasteiger partial charge in [-0.2, -0.15) is 0 Å². The Balaban J connectivity index is -0.0000000369. The van der Waals surface area contributed by atoms with Crippen molar-refractivity contribution < 1.29 is 37.1 Å². The Morgan fingerprint density at radius 3 is 0.412 bits per heavy atom. The van der Waals surface area contributed by atoms with Crippen LogP contribution in [0.3, 0.4) is 0 Å². The molecule has 0 aromatic rings. The summed E-state index contributed by atoms with van der Waals surface area (Å²) in [7, 11) is 0. The summed E-state index contributed by atoms with van der Waals surface area (Å²) >= 11 is 0. The maximum Gasteiger partial charge on any atom is 0.0689 e. The number of rotatable bonds is 0. The third kappa shape index (κ3) is 234. The van der Waals surface area contributed by atoms with E-state index in [4.69, 9.17) is 61.3 Å². The van der Waals surface area contributed by atoms with Crippen LogP contribution < -0.4 is 0 Å². The largest absolute Gasteiger partial charge is 0.356 e. The van der Waals surface area contributed by atoms with Gasteiger partial charge in [-0.15, -0.1) is 0 Å². The monoisotopic (exact) mass is 307 g/mol. The molecule has 0 heterocycles. The van der Waals surface area contributed by atoms with Gasteiger partial charge >= 0.3 is 0 Å². The molecule has 0 atom stereocenters. The van der Waals surface area contributed by atoms with Crippen LogP contribution in [-0.4, -0.2) is 20.3 Å². The van der Waals surface area contributed by atoms with Crippen LogP contribution in [-0.2, 0) is 16.8 Å². The maximum atomic E-state index is 8.25. The Morgan fingerprint density at radius 1 is 0.412 bits per heavy atom. The average molecular weight is 307 g/mol. The second-order valence-electron chi connectivity index (χ2n) is 0.894. The van der Waals surface area contributed by atoms with Crippen LogP contribution in [0.1, 0.15) is 0 Å². The molecule has 16 nitrogen and oxygen atoms in total. The van der Waals surface area contributed by atoms with Crippen molar-refractivity contribution in [3.63, 3.8) is 0 Å². The van der Waals surface area contributed by atoms with Crippen molar-refractivity contribution in [2.75, 3.05) is 0 Å². The molecule has 17 heteroatoms. The van der Waals surface area contributed by atoms with Gasteiger partial charge in [0.15, 0.2) is 0 Å². The van der Waals surface area contributed by atoms with Crippen LogP contribution in [0, 0.1) is 61.3 Å². The van der Waals surface area contributed by atoms with E-state index in [0.29, 0.717) is 0 Å². The Labute approximate surface area is 99.3 Å². The average Bonchev–Trinajstić information content (AvgIpc) is 1.76. The Kier molecular flexibility index (Phi) is 40.0. The summed E-state index contributed by atoms with van der Waals surface area (Å²) in [4.78, 5) is 33.0. The molecule has 0 fully saturated rings. The van der Waals surface area contributed by atoms with Crippen LogP contribution in [0.2, 0.25) is 0 Å². The molecule has 1 radical (unpaired) electrons. The fraction of sp³-hybridized carbons (Fsp3) is 0. The van der Waals surface area contributed by atoms with Gasteiger partial charge in [0.05, 0.1) is 20.3 Å². The molecule has 0 N–H and O–H groups in total. The van der Waals surface area contributed by atoms with Crippen molar-refractivity contribution in [1.82, 2.24) is 0 Å². The van der Waals surface area contributed by atoms with E-state index in [1.807, 2.05) is 0 Å². The zero-order chi connectivity index (χ0) is 14.3. The molecule has 0 bridgehead atoms. The van der Waals surface area contributed by atoms with E-state index in [2.05, 4.69) is 0 Å². The molecule has 17 heavy (non-hydrogen) atoms. The van der Waals surface area contributed by atoms with Crippen molar-refractivity contribution in [3.8, 4) is 0 Å². The number of hydrogen-bond acceptors (Lipinski definition) is 12. The fourth-order valence-electron chi connectivity index (χ4n) is 0. The predicted octanol–water partition coefficient (Wildman–Crippen LogP) is -0.959. The van der Waals surface area contributed by atoms with Gasteiger partial charge in [0.1, 0.15) is 0 Å². The van der Waals surface area contributed by atoms with Crippen LogP contribution in [0.25, 0.3) is 0 Å². The van der Waals surface area contributed by atoms with Crippen LogP contribution in [0.4, 0.5) is 0 Å². The van der Waals surface area contributed by atoms with E-state index in [1.165, 1.54) is 0 Å². The van der Waals surface area contributed by atoms with E-state index in [0.717, 1.165) is 0 Å². The molecule has 0 aromatic carbocycles. The van der Waals surface area contributed by atoms with Crippen molar-refractivity contribution >= 4 is 0 Å². The van der Waals surface area contributed by atoms with Gasteiger partial charge < -0.3 is 61.3 Å². The van der Waals surface area contributed by atoms with Crippen LogP contribution in [0.15, 0.2) is 0 Å². The van der Waals surface area contributed by atoms with E-state index < -0.39 is 20.3 Å². The van der Waals surface area contributed by atoms with Crippen molar-refractivity contribution in [2.24, 2.45) is 0 Å². The fourth-order valence-corrected chi connectivity index (χ4v) is 0. The topological polar surface area (TPSA) is 265 Å². The minimum absolute atomic E-state index is 0. The molecule has 0 aliphatic heterocycles. The molecule has 0 rings (SSSR count). The first-order valence-electron chi connectivity index (χ1n) is 2.19. The normalized spacial score (nSPS) is 5.65. The maximum absolute atomic E-state index is 8.25. The minimum atomic E-state index is -1.75. The first kappa shape index (κ1) is 29.2. The quantitative estimate of drug-likeness (QED) is 0.386. The molecule has 0 spiro atoms. The number of hydrogen-bond donors (Lipinski definition) is 0. The summed E-state index contributed by atoms with van der Waals surface area (Å²) in [5.41, 5.74) is 0. The zero-order valence-corrected chi connectivity index (χ0v) is 8.06. The van der Waals surface area contributed by atoms with Crippen LogP contribution >= 0.6 is 0 Å². The molecule has 0 aromatic heterocycles. The third-order valence-corrected chi connectivity index (χ3v) is 0. The third-order valence-electron chi connectivity index (χ3n) is 0. The summed E-state index contributed by atoms with van der Waals surface area (Å²) in [6, 6.07) is 0. The van der Waals surface area contributed by atoms with E-state index >= 15 is 0 Å². The van der Waals surface area contributed by atoms with Crippen LogP contribution in [0.5, 0.6) is 0 Å². The molecule has 0 unspecified atom stereocenters. The van der Waals surface area contributed by atoms with Crippen molar-refractivity contribution in [1.29, 1.82) is 0 Å². The standard InChI is InChI=1S/Co.4NO3/c;4*2-1(3)4/q;4*-1. The molecular weight excluding hydrogens is 307 g/mol. The van der Waals surface area contributed by atoms with Crippen molar-refractivity contribution in [3.05, 3.63) is 61.3 Å². The summed E-state index contributed by atoms with van der Waals surface area (Å²) in [5, 5.41) is 59.0. The molecule has 0 aliphatic carbocycles. The molecule has 105 valence electrons. The zero-order valence-electron chi connectivity index (χ0n) is 7.02. The minimum Gasteiger partial charge on any atom is -0.356 e. The molecule has 0 amide bonds. The summed E-state index contributed by atoms with van der Waals surface area (Å²) in [6.45, 7) is 0. The molecular formula is CoN4O12-4. The Hall–Kier alpha value is -2.69. The van der Waals surface area contributed by atoms with E-state index in [9.17, 15) is 0 Å². The predicted molar refractivity (Wildman–Crippen MR) is 41.4 cm³/mol. The van der Waals surface area contributed by atoms with Gasteiger partial charge in [-0.3, -0.25) is 0 Å². The first-order chi connectivity index (χ1) is 6.93. The van der Waals surface area contributed by atoms with E-state index in [1.54, 1.807) is 0 Å². The Morgan fingerprint density at radius 2 is 0.412 bits per heavy atom. The summed E-state index contributed by atoms with van der Waals surface area (Å²) < 4.78 is 0. The smallest absolute Gasteiger partial charge is 0.0689 e. The summed E-state index contributed by atoms with van der Waals surface area (Å²) in [5.74, 6) is 0. The van der Waals surface area contributed by atoms with Crippen molar-refractivity contribution in [2.45, 2.75) is 0 Å². The van der Waals surface area contributed by atoms with E-state index in [-0.39, 0.29) is 16.8 Å². The first-order valence-corrected chi connectivity index (χ1v) is 2.19. The van der Waals surface area contributed by atoms with Gasteiger partial charge in [-0.1, -0.05) is 0 Å². The second kappa shape index (κ2) is 23.3. The number of nitrogens with zero attached hydrogens (tertiary/aromatic N) is 4. The summed E-state index contributed by atoms with van der Waals surface area (Å²) in [6.07, 6.45) is 0. The molecule has 0 saturated carbocycles. The van der Waals surface area contributed by atoms with Gasteiger partial charge in [0.25, 0.3) is 0 Å².